The van der Waals surface area contributed by atoms with E-state index in [1.54, 1.807) is 30.5 Å². The van der Waals surface area contributed by atoms with E-state index in [1.807, 2.05) is 18.2 Å². The van der Waals surface area contributed by atoms with E-state index in [-0.39, 0.29) is 5.56 Å². The summed E-state index contributed by atoms with van der Waals surface area (Å²) < 4.78 is 6.85. The fourth-order valence-corrected chi connectivity index (χ4v) is 2.72. The summed E-state index contributed by atoms with van der Waals surface area (Å²) in [4.78, 5) is 27.3. The van der Waals surface area contributed by atoms with Crippen LogP contribution in [0.15, 0.2) is 41.8 Å². The molecule has 7 heteroatoms. The number of imidazole rings is 1. The molecule has 0 saturated carbocycles. The zero-order valence-corrected chi connectivity index (χ0v) is 12.5. The number of nitrogens with zero attached hydrogens (tertiary/aromatic N) is 3. The highest BCUT2D eigenvalue weighted by Gasteiger charge is 2.11. The average Bonchev–Trinajstić information content (AvgIpc) is 3.21. The average molecular weight is 309 g/mol. The van der Waals surface area contributed by atoms with Crippen molar-refractivity contribution in [1.29, 1.82) is 0 Å². The van der Waals surface area contributed by atoms with Crippen LogP contribution in [-0.4, -0.2) is 31.6 Å². The predicted molar refractivity (Wildman–Crippen MR) is 86.7 cm³/mol. The number of ether oxygens (including phenoxy) is 1. The van der Waals surface area contributed by atoms with Gasteiger partial charge in [0.1, 0.15) is 16.8 Å². The Kier molecular flexibility index (Phi) is 3.11. The smallest absolute Gasteiger partial charge is 0.277 e. The van der Waals surface area contributed by atoms with Gasteiger partial charge in [0.2, 0.25) is 0 Å². The van der Waals surface area contributed by atoms with Crippen LogP contribution in [0.4, 0.5) is 0 Å². The topological polar surface area (TPSA) is 88.6 Å². The van der Waals surface area contributed by atoms with Gasteiger partial charge in [-0.05, 0) is 18.2 Å². The number of aromatic nitrogens is 5. The maximum Gasteiger partial charge on any atom is 0.277 e. The molecule has 0 radical (unpaired) electrons. The third-order valence-electron chi connectivity index (χ3n) is 3.96. The van der Waals surface area contributed by atoms with Crippen molar-refractivity contribution in [3.63, 3.8) is 0 Å². The van der Waals surface area contributed by atoms with Gasteiger partial charge in [-0.15, -0.1) is 0 Å². The third-order valence-corrected chi connectivity index (χ3v) is 3.96. The lowest BCUT2D eigenvalue weighted by Crippen LogP contribution is -2.21. The zero-order valence-electron chi connectivity index (χ0n) is 12.5. The predicted octanol–water partition coefficient (Wildman–Crippen LogP) is 1.85. The Morgan fingerprint density at radius 1 is 1.35 bits per heavy atom. The number of hydrogen-bond acceptors (Lipinski definition) is 4. The van der Waals surface area contributed by atoms with Gasteiger partial charge in [-0.25, -0.2) is 9.97 Å². The Balaban J connectivity index is 1.78. The fraction of sp³-hybridized carbons (Fsp3) is 0.188. The van der Waals surface area contributed by atoms with E-state index < -0.39 is 0 Å². The standard InChI is InChI=1S/C16H15N5O2/c1-23-11-2-3-13-12(6-11)14-15(20-13)16(22)21(9-19-14)5-4-10-7-17-8-18-10/h2-3,6-9,20H,4-5H2,1H3,(H,17,18). The minimum absolute atomic E-state index is 0.0790. The molecular weight excluding hydrogens is 294 g/mol. The van der Waals surface area contributed by atoms with Crippen LogP contribution >= 0.6 is 0 Å². The normalized spacial score (nSPS) is 11.3. The first kappa shape index (κ1) is 13.6. The maximum absolute atomic E-state index is 12.6. The summed E-state index contributed by atoms with van der Waals surface area (Å²) in [6.07, 6.45) is 5.67. The Morgan fingerprint density at radius 3 is 3.04 bits per heavy atom. The molecule has 0 aliphatic rings. The van der Waals surface area contributed by atoms with Gasteiger partial charge in [0.25, 0.3) is 5.56 Å². The monoisotopic (exact) mass is 309 g/mol. The summed E-state index contributed by atoms with van der Waals surface area (Å²) in [7, 11) is 1.62. The van der Waals surface area contributed by atoms with E-state index in [2.05, 4.69) is 19.9 Å². The molecule has 7 nitrogen and oxygen atoms in total. The molecule has 0 bridgehead atoms. The number of nitrogens with one attached hydrogen (secondary N) is 2. The molecule has 4 rings (SSSR count). The molecular formula is C16H15N5O2. The van der Waals surface area contributed by atoms with Crippen LogP contribution in [0.2, 0.25) is 0 Å². The van der Waals surface area contributed by atoms with Gasteiger partial charge in [-0.2, -0.15) is 0 Å². The van der Waals surface area contributed by atoms with Crippen molar-refractivity contribution in [2.24, 2.45) is 0 Å². The molecule has 0 atom stereocenters. The number of hydrogen-bond donors (Lipinski definition) is 2. The number of methoxy groups -OCH3 is 1. The van der Waals surface area contributed by atoms with Crippen LogP contribution in [-0.2, 0) is 13.0 Å². The highest BCUT2D eigenvalue weighted by Crippen LogP contribution is 2.25. The molecule has 0 aliphatic heterocycles. The molecule has 3 heterocycles. The molecule has 0 fully saturated rings. The van der Waals surface area contributed by atoms with E-state index in [1.165, 1.54) is 0 Å². The largest absolute Gasteiger partial charge is 0.497 e. The number of aromatic amines is 2. The second-order valence-corrected chi connectivity index (χ2v) is 5.33. The van der Waals surface area contributed by atoms with Crippen molar-refractivity contribution in [2.45, 2.75) is 13.0 Å². The van der Waals surface area contributed by atoms with Crippen molar-refractivity contribution in [3.05, 3.63) is 53.1 Å². The summed E-state index contributed by atoms with van der Waals surface area (Å²) in [6, 6.07) is 5.63. The van der Waals surface area contributed by atoms with E-state index in [0.29, 0.717) is 24.0 Å². The van der Waals surface area contributed by atoms with Crippen LogP contribution in [0.5, 0.6) is 5.75 Å². The Bertz CT molecular complexity index is 1030. The summed E-state index contributed by atoms with van der Waals surface area (Å²) in [5.41, 5.74) is 2.96. The van der Waals surface area contributed by atoms with Gasteiger partial charge in [0.15, 0.2) is 0 Å². The van der Waals surface area contributed by atoms with Crippen molar-refractivity contribution in [3.8, 4) is 5.75 Å². The molecule has 0 saturated heterocycles. The molecule has 3 aromatic heterocycles. The maximum atomic E-state index is 12.6. The van der Waals surface area contributed by atoms with Crippen LogP contribution in [0, 0.1) is 0 Å². The van der Waals surface area contributed by atoms with Gasteiger partial charge in [0, 0.05) is 35.8 Å². The van der Waals surface area contributed by atoms with E-state index in [9.17, 15) is 4.79 Å². The summed E-state index contributed by atoms with van der Waals surface area (Å²) >= 11 is 0. The Morgan fingerprint density at radius 2 is 2.26 bits per heavy atom. The van der Waals surface area contributed by atoms with Crippen LogP contribution in [0.25, 0.3) is 21.9 Å². The van der Waals surface area contributed by atoms with E-state index in [0.717, 1.165) is 22.3 Å². The first-order valence-electron chi connectivity index (χ1n) is 7.28. The van der Waals surface area contributed by atoms with Gasteiger partial charge in [-0.1, -0.05) is 0 Å². The van der Waals surface area contributed by atoms with E-state index in [4.69, 9.17) is 4.74 Å². The van der Waals surface area contributed by atoms with Crippen molar-refractivity contribution in [2.75, 3.05) is 7.11 Å². The summed E-state index contributed by atoms with van der Waals surface area (Å²) in [5.74, 6) is 0.739. The molecule has 1 aromatic carbocycles. The SMILES string of the molecule is COc1ccc2[nH]c3c(=O)n(CCc4cnc[nH]4)cnc3c2c1. The van der Waals surface area contributed by atoms with E-state index >= 15 is 0 Å². The minimum atomic E-state index is -0.0790. The lowest BCUT2D eigenvalue weighted by molar-refractivity contribution is 0.415. The van der Waals surface area contributed by atoms with Gasteiger partial charge >= 0.3 is 0 Å². The Hall–Kier alpha value is -3.09. The Labute approximate surface area is 131 Å². The van der Waals surface area contributed by atoms with Crippen LogP contribution in [0.1, 0.15) is 5.69 Å². The molecule has 0 aliphatic carbocycles. The van der Waals surface area contributed by atoms with Crippen molar-refractivity contribution in [1.82, 2.24) is 24.5 Å². The van der Waals surface area contributed by atoms with Gasteiger partial charge in [-0.3, -0.25) is 9.36 Å². The number of benzene rings is 1. The fourth-order valence-electron chi connectivity index (χ4n) is 2.72. The first-order valence-corrected chi connectivity index (χ1v) is 7.28. The second kappa shape index (κ2) is 5.28. The molecule has 0 unspecified atom stereocenters. The summed E-state index contributed by atoms with van der Waals surface area (Å²) in [6.45, 7) is 0.544. The lowest BCUT2D eigenvalue weighted by Gasteiger charge is -2.03. The molecule has 116 valence electrons. The zero-order chi connectivity index (χ0) is 15.8. The minimum Gasteiger partial charge on any atom is -0.497 e. The highest BCUT2D eigenvalue weighted by atomic mass is 16.5. The van der Waals surface area contributed by atoms with Gasteiger partial charge < -0.3 is 14.7 Å². The second-order valence-electron chi connectivity index (χ2n) is 5.33. The van der Waals surface area contributed by atoms with Crippen LogP contribution in [0.3, 0.4) is 0 Å². The van der Waals surface area contributed by atoms with Crippen molar-refractivity contribution >= 4 is 21.9 Å². The number of H-pyrrole nitrogens is 2. The molecule has 23 heavy (non-hydrogen) atoms. The van der Waals surface area contributed by atoms with Crippen molar-refractivity contribution < 1.29 is 4.74 Å². The molecule has 0 amide bonds. The molecule has 0 spiro atoms. The third kappa shape index (κ3) is 2.26. The highest BCUT2D eigenvalue weighted by molar-refractivity contribution is 6.04. The molecule has 2 N–H and O–H groups in total. The summed E-state index contributed by atoms with van der Waals surface area (Å²) in [5, 5.41) is 0.886. The number of rotatable bonds is 4. The van der Waals surface area contributed by atoms with Gasteiger partial charge in [0.05, 0.1) is 19.8 Å². The lowest BCUT2D eigenvalue weighted by atomic mass is 10.2. The first-order chi connectivity index (χ1) is 11.3. The van der Waals surface area contributed by atoms with Crippen LogP contribution < -0.4 is 10.3 Å². The number of aryl methyl sites for hydroxylation is 2. The number of fused-ring (bicyclic) bond motifs is 3. The quantitative estimate of drug-likeness (QED) is 0.602. The molecule has 4 aromatic rings.